The molecule has 0 aromatic heterocycles. The van der Waals surface area contributed by atoms with Gasteiger partial charge in [-0.25, -0.2) is 5.48 Å². The summed E-state index contributed by atoms with van der Waals surface area (Å²) in [6.07, 6.45) is 3.35. The Kier molecular flexibility index (Phi) is 3.81. The van der Waals surface area contributed by atoms with E-state index in [1.165, 1.54) is 5.56 Å². The number of nitrogens with one attached hydrogen (secondary N) is 1. The Morgan fingerprint density at radius 2 is 2.17 bits per heavy atom. The third-order valence-electron chi connectivity index (χ3n) is 5.65. The Morgan fingerprint density at radius 3 is 2.88 bits per heavy atom. The molecule has 2 amide bonds. The molecule has 2 fully saturated rings. The van der Waals surface area contributed by atoms with Gasteiger partial charge >= 0.3 is 0 Å². The molecule has 128 valence electrons. The number of likely N-dealkylation sites (tertiary alicyclic amines) is 1. The first-order valence-electron chi connectivity index (χ1n) is 8.50. The molecule has 0 unspecified atom stereocenters. The Morgan fingerprint density at radius 1 is 1.33 bits per heavy atom. The number of fused-ring (bicyclic) bond motifs is 1. The molecule has 3 aliphatic rings. The zero-order valence-corrected chi connectivity index (χ0v) is 13.6. The van der Waals surface area contributed by atoms with E-state index in [0.29, 0.717) is 17.9 Å². The Hall–Kier alpha value is -1.92. The molecule has 1 spiro atoms. The Bertz CT molecular complexity index is 686. The van der Waals surface area contributed by atoms with E-state index in [2.05, 4.69) is 0 Å². The summed E-state index contributed by atoms with van der Waals surface area (Å²) in [5.41, 5.74) is 4.51. The lowest BCUT2D eigenvalue weighted by molar-refractivity contribution is -0.130. The predicted octanol–water partition coefficient (Wildman–Crippen LogP) is 1.16. The molecule has 1 aromatic rings. The minimum absolute atomic E-state index is 0.0109. The molecular formula is C18H22N2O4. The molecule has 2 saturated heterocycles. The molecule has 1 aliphatic carbocycles. The van der Waals surface area contributed by atoms with Gasteiger partial charge in [0.25, 0.3) is 5.91 Å². The normalized spacial score (nSPS) is 26.4. The second kappa shape index (κ2) is 5.86. The number of nitrogens with zero attached hydrogens (tertiary/aromatic N) is 1. The number of carbonyl (C=O) groups is 2. The number of benzene rings is 1. The number of ether oxygens (including phenoxy) is 1. The maximum Gasteiger partial charge on any atom is 0.274 e. The summed E-state index contributed by atoms with van der Waals surface area (Å²) in [5.74, 6) is 0.237. The molecule has 4 rings (SSSR count). The summed E-state index contributed by atoms with van der Waals surface area (Å²) in [6.45, 7) is 3.14. The Balaban J connectivity index is 1.52. The molecule has 24 heavy (non-hydrogen) atoms. The van der Waals surface area contributed by atoms with Crippen LogP contribution in [-0.2, 0) is 22.4 Å². The first-order chi connectivity index (χ1) is 11.6. The van der Waals surface area contributed by atoms with Crippen LogP contribution < -0.4 is 5.48 Å². The highest BCUT2D eigenvalue weighted by atomic mass is 16.5. The van der Waals surface area contributed by atoms with Gasteiger partial charge in [0.05, 0.1) is 13.2 Å². The minimum atomic E-state index is -0.494. The summed E-state index contributed by atoms with van der Waals surface area (Å²) in [4.78, 5) is 26.1. The lowest BCUT2D eigenvalue weighted by Gasteiger charge is -2.35. The van der Waals surface area contributed by atoms with Crippen molar-refractivity contribution < 1.29 is 19.5 Å². The number of aryl methyl sites for hydroxylation is 1. The van der Waals surface area contributed by atoms with Gasteiger partial charge in [0, 0.05) is 36.4 Å². The molecule has 2 N–H and O–H groups in total. The van der Waals surface area contributed by atoms with Crippen LogP contribution in [0.2, 0.25) is 0 Å². The maximum atomic E-state index is 12.4. The van der Waals surface area contributed by atoms with Crippen LogP contribution in [0.15, 0.2) is 18.2 Å². The van der Waals surface area contributed by atoms with E-state index in [1.807, 2.05) is 17.0 Å². The van der Waals surface area contributed by atoms with Crippen LogP contribution in [0.1, 0.15) is 34.3 Å². The molecule has 0 saturated carbocycles. The van der Waals surface area contributed by atoms with E-state index >= 15 is 0 Å². The molecule has 1 aromatic carbocycles. The lowest BCUT2D eigenvalue weighted by atomic mass is 9.70. The van der Waals surface area contributed by atoms with Crippen molar-refractivity contribution >= 4 is 11.8 Å². The van der Waals surface area contributed by atoms with Crippen molar-refractivity contribution in [3.63, 3.8) is 0 Å². The van der Waals surface area contributed by atoms with Gasteiger partial charge in [0.15, 0.2) is 0 Å². The van der Waals surface area contributed by atoms with Gasteiger partial charge in [0.1, 0.15) is 0 Å². The monoisotopic (exact) mass is 330 g/mol. The largest absolute Gasteiger partial charge is 0.381 e. The molecule has 0 bridgehead atoms. The van der Waals surface area contributed by atoms with Crippen molar-refractivity contribution in [1.82, 2.24) is 10.4 Å². The van der Waals surface area contributed by atoms with E-state index in [4.69, 9.17) is 9.94 Å². The summed E-state index contributed by atoms with van der Waals surface area (Å²) in [5, 5.41) is 8.82. The predicted molar refractivity (Wildman–Crippen MR) is 85.7 cm³/mol. The van der Waals surface area contributed by atoms with Crippen LogP contribution in [0.4, 0.5) is 0 Å². The van der Waals surface area contributed by atoms with E-state index in [-0.39, 0.29) is 11.3 Å². The molecule has 2 aliphatic heterocycles. The summed E-state index contributed by atoms with van der Waals surface area (Å²) < 4.78 is 5.21. The van der Waals surface area contributed by atoms with Crippen molar-refractivity contribution in [3.05, 3.63) is 34.9 Å². The smallest absolute Gasteiger partial charge is 0.274 e. The first kappa shape index (κ1) is 15.6. The third kappa shape index (κ3) is 2.70. The number of carbonyl (C=O) groups excluding carboxylic acids is 2. The van der Waals surface area contributed by atoms with Crippen LogP contribution in [0.3, 0.4) is 0 Å². The second-order valence-electron chi connectivity index (χ2n) is 7.46. The van der Waals surface area contributed by atoms with E-state index < -0.39 is 5.91 Å². The average molecular weight is 330 g/mol. The van der Waals surface area contributed by atoms with E-state index in [1.54, 1.807) is 11.5 Å². The van der Waals surface area contributed by atoms with Gasteiger partial charge in [-0.3, -0.25) is 14.8 Å². The fourth-order valence-corrected chi connectivity index (χ4v) is 4.27. The van der Waals surface area contributed by atoms with Crippen molar-refractivity contribution in [1.29, 1.82) is 0 Å². The molecule has 0 radical (unpaired) electrons. The number of hydrogen-bond donors (Lipinski definition) is 2. The second-order valence-corrected chi connectivity index (χ2v) is 7.46. The number of amides is 2. The number of hydroxylamine groups is 1. The molecular weight excluding hydrogens is 308 g/mol. The molecule has 1 atom stereocenters. The van der Waals surface area contributed by atoms with Gasteiger partial charge in [0.2, 0.25) is 5.91 Å². The van der Waals surface area contributed by atoms with E-state index in [0.717, 1.165) is 51.1 Å². The van der Waals surface area contributed by atoms with Crippen molar-refractivity contribution in [2.75, 3.05) is 26.3 Å². The van der Waals surface area contributed by atoms with Crippen LogP contribution >= 0.6 is 0 Å². The van der Waals surface area contributed by atoms with Crippen LogP contribution in [0, 0.1) is 11.3 Å². The van der Waals surface area contributed by atoms with Gasteiger partial charge < -0.3 is 9.64 Å². The van der Waals surface area contributed by atoms with Crippen LogP contribution in [-0.4, -0.2) is 48.2 Å². The number of rotatable bonds is 3. The van der Waals surface area contributed by atoms with Gasteiger partial charge in [-0.2, -0.15) is 0 Å². The quantitative estimate of drug-likeness (QED) is 0.644. The summed E-state index contributed by atoms with van der Waals surface area (Å²) in [6, 6.07) is 5.56. The number of hydrogen-bond acceptors (Lipinski definition) is 4. The lowest BCUT2D eigenvalue weighted by Crippen LogP contribution is -2.41. The van der Waals surface area contributed by atoms with Crippen molar-refractivity contribution in [2.24, 2.45) is 11.3 Å². The molecule has 6 nitrogen and oxygen atoms in total. The SMILES string of the molecule is O=C(NO)c1ccc2c(c1)C[C@@]1(CC2)CC(=O)N(CC2COC2)C1. The fourth-order valence-electron chi connectivity index (χ4n) is 4.27. The standard InChI is InChI=1S/C18H22N2O4/c21-16-7-18(11-20(16)8-12-9-24-10-12)4-3-13-1-2-14(17(22)19-23)5-15(13)6-18/h1-2,5,12,23H,3-4,6-11H2,(H,19,22)/t18-/m0/s1. The summed E-state index contributed by atoms with van der Waals surface area (Å²) >= 11 is 0. The van der Waals surface area contributed by atoms with Gasteiger partial charge in [-0.1, -0.05) is 6.07 Å². The molecule has 2 heterocycles. The maximum absolute atomic E-state index is 12.4. The van der Waals surface area contributed by atoms with Gasteiger partial charge in [-0.05, 0) is 42.5 Å². The van der Waals surface area contributed by atoms with Crippen molar-refractivity contribution in [3.8, 4) is 0 Å². The first-order valence-corrected chi connectivity index (χ1v) is 8.50. The third-order valence-corrected chi connectivity index (χ3v) is 5.65. The van der Waals surface area contributed by atoms with Gasteiger partial charge in [-0.15, -0.1) is 0 Å². The van der Waals surface area contributed by atoms with Crippen LogP contribution in [0.5, 0.6) is 0 Å². The zero-order chi connectivity index (χ0) is 16.7. The Labute approximate surface area is 140 Å². The fraction of sp³-hybridized carbons (Fsp3) is 0.556. The average Bonchev–Trinajstić information content (AvgIpc) is 2.84. The minimum Gasteiger partial charge on any atom is -0.381 e. The highest BCUT2D eigenvalue weighted by molar-refractivity contribution is 5.93. The highest BCUT2D eigenvalue weighted by Gasteiger charge is 2.45. The topological polar surface area (TPSA) is 78.9 Å². The van der Waals surface area contributed by atoms with E-state index in [9.17, 15) is 9.59 Å². The van der Waals surface area contributed by atoms with Crippen LogP contribution in [0.25, 0.3) is 0 Å². The molecule has 6 heteroatoms. The van der Waals surface area contributed by atoms with Crippen molar-refractivity contribution in [2.45, 2.75) is 25.7 Å². The highest BCUT2D eigenvalue weighted by Crippen LogP contribution is 2.43. The zero-order valence-electron chi connectivity index (χ0n) is 13.6. The summed E-state index contributed by atoms with van der Waals surface area (Å²) in [7, 11) is 0.